The largest absolute Gasteiger partial charge is 0.496 e. The third-order valence-corrected chi connectivity index (χ3v) is 3.01. The molecule has 1 aromatic carbocycles. The zero-order chi connectivity index (χ0) is 13.0. The third kappa shape index (κ3) is 3.00. The highest BCUT2D eigenvalue weighted by Crippen LogP contribution is 2.28. The van der Waals surface area contributed by atoms with Crippen LogP contribution in [0.3, 0.4) is 0 Å². The van der Waals surface area contributed by atoms with Gasteiger partial charge in [-0.1, -0.05) is 23.7 Å². The van der Waals surface area contributed by atoms with Crippen molar-refractivity contribution in [1.29, 1.82) is 0 Å². The van der Waals surface area contributed by atoms with Crippen LogP contribution in [0.1, 0.15) is 17.2 Å². The Morgan fingerprint density at radius 1 is 1.39 bits per heavy atom. The Kier molecular flexibility index (Phi) is 4.18. The average molecular weight is 263 g/mol. The number of benzene rings is 1. The number of nitrogens with zero attached hydrogens (tertiary/aromatic N) is 1. The van der Waals surface area contributed by atoms with Crippen LogP contribution in [0.4, 0.5) is 0 Å². The first-order valence-corrected chi connectivity index (χ1v) is 6.06. The van der Waals surface area contributed by atoms with E-state index in [1.807, 2.05) is 30.5 Å². The fraction of sp³-hybridized carbons (Fsp3) is 0.214. The molecule has 18 heavy (non-hydrogen) atoms. The van der Waals surface area contributed by atoms with E-state index >= 15 is 0 Å². The first kappa shape index (κ1) is 12.9. The van der Waals surface area contributed by atoms with Crippen LogP contribution in [-0.4, -0.2) is 12.1 Å². The lowest BCUT2D eigenvalue weighted by atomic mass is 10.00. The molecule has 2 rings (SSSR count). The average Bonchev–Trinajstić information content (AvgIpc) is 2.39. The Balaban J connectivity index is 2.21. The van der Waals surface area contributed by atoms with Gasteiger partial charge >= 0.3 is 0 Å². The predicted octanol–water partition coefficient (Wildman–Crippen LogP) is 2.99. The van der Waals surface area contributed by atoms with Crippen molar-refractivity contribution in [3.8, 4) is 5.75 Å². The van der Waals surface area contributed by atoms with Gasteiger partial charge in [0.1, 0.15) is 5.75 Å². The Hall–Kier alpha value is -1.58. The Labute approximate surface area is 112 Å². The van der Waals surface area contributed by atoms with E-state index in [9.17, 15) is 0 Å². The van der Waals surface area contributed by atoms with E-state index in [2.05, 4.69) is 4.98 Å². The van der Waals surface area contributed by atoms with Gasteiger partial charge in [0.25, 0.3) is 0 Å². The number of aromatic nitrogens is 1. The van der Waals surface area contributed by atoms with Crippen molar-refractivity contribution in [1.82, 2.24) is 4.98 Å². The first-order chi connectivity index (χ1) is 8.70. The Morgan fingerprint density at radius 2 is 2.22 bits per heavy atom. The van der Waals surface area contributed by atoms with Gasteiger partial charge in [-0.25, -0.2) is 0 Å². The number of nitrogens with two attached hydrogens (primary N) is 1. The lowest BCUT2D eigenvalue weighted by Crippen LogP contribution is -2.14. The van der Waals surface area contributed by atoms with E-state index < -0.39 is 0 Å². The molecule has 3 nitrogen and oxygen atoms in total. The molecule has 0 bridgehead atoms. The lowest BCUT2D eigenvalue weighted by Gasteiger charge is -2.15. The summed E-state index contributed by atoms with van der Waals surface area (Å²) in [7, 11) is 1.62. The number of rotatable bonds is 4. The van der Waals surface area contributed by atoms with Gasteiger partial charge in [0.15, 0.2) is 0 Å². The first-order valence-electron chi connectivity index (χ1n) is 5.68. The van der Waals surface area contributed by atoms with Gasteiger partial charge in [0.2, 0.25) is 0 Å². The zero-order valence-corrected chi connectivity index (χ0v) is 10.9. The standard InChI is InChI=1S/C14H15ClN2O/c1-18-14-8-11(15)4-5-12(14)13(16)7-10-3-2-6-17-9-10/h2-6,8-9,13H,7,16H2,1H3. The molecule has 1 atom stereocenters. The molecule has 0 aliphatic heterocycles. The third-order valence-electron chi connectivity index (χ3n) is 2.77. The molecule has 0 amide bonds. The van der Waals surface area contributed by atoms with Crippen molar-refractivity contribution in [2.45, 2.75) is 12.5 Å². The molecule has 2 aromatic rings. The highest BCUT2D eigenvalue weighted by atomic mass is 35.5. The molecule has 0 fully saturated rings. The van der Waals surface area contributed by atoms with Crippen molar-refractivity contribution >= 4 is 11.6 Å². The number of pyridine rings is 1. The van der Waals surface area contributed by atoms with Crippen LogP contribution in [-0.2, 0) is 6.42 Å². The minimum absolute atomic E-state index is 0.138. The summed E-state index contributed by atoms with van der Waals surface area (Å²) in [5, 5.41) is 0.643. The molecule has 2 N–H and O–H groups in total. The summed E-state index contributed by atoms with van der Waals surface area (Å²) in [4.78, 5) is 4.08. The SMILES string of the molecule is COc1cc(Cl)ccc1C(N)Cc1cccnc1. The minimum Gasteiger partial charge on any atom is -0.496 e. The molecule has 0 spiro atoms. The summed E-state index contributed by atoms with van der Waals surface area (Å²) < 4.78 is 5.30. The highest BCUT2D eigenvalue weighted by Gasteiger charge is 2.13. The van der Waals surface area contributed by atoms with Crippen molar-refractivity contribution in [2.24, 2.45) is 5.73 Å². The van der Waals surface area contributed by atoms with Gasteiger partial charge < -0.3 is 10.5 Å². The van der Waals surface area contributed by atoms with Gasteiger partial charge in [-0.2, -0.15) is 0 Å². The fourth-order valence-corrected chi connectivity index (χ4v) is 2.04. The second-order valence-corrected chi connectivity index (χ2v) is 4.49. The molecule has 0 saturated carbocycles. The summed E-state index contributed by atoms with van der Waals surface area (Å²) in [5.74, 6) is 0.721. The smallest absolute Gasteiger partial charge is 0.125 e. The van der Waals surface area contributed by atoms with Crippen molar-refractivity contribution < 1.29 is 4.74 Å². The van der Waals surface area contributed by atoms with Crippen LogP contribution in [0, 0.1) is 0 Å². The van der Waals surface area contributed by atoms with Crippen molar-refractivity contribution in [2.75, 3.05) is 7.11 Å². The molecule has 0 aliphatic rings. The van der Waals surface area contributed by atoms with Crippen LogP contribution >= 0.6 is 11.6 Å². The highest BCUT2D eigenvalue weighted by molar-refractivity contribution is 6.30. The van der Waals surface area contributed by atoms with Gasteiger partial charge in [-0.3, -0.25) is 4.98 Å². The van der Waals surface area contributed by atoms with E-state index in [4.69, 9.17) is 22.1 Å². The Bertz CT molecular complexity index is 516. The Morgan fingerprint density at radius 3 is 2.89 bits per heavy atom. The summed E-state index contributed by atoms with van der Waals surface area (Å²) in [6.45, 7) is 0. The minimum atomic E-state index is -0.138. The van der Waals surface area contributed by atoms with Crippen LogP contribution in [0.5, 0.6) is 5.75 Å². The van der Waals surface area contributed by atoms with E-state index in [0.717, 1.165) is 16.9 Å². The predicted molar refractivity (Wildman–Crippen MR) is 72.9 cm³/mol. The molecule has 0 aliphatic carbocycles. The number of hydrogen-bond donors (Lipinski definition) is 1. The molecule has 1 aromatic heterocycles. The zero-order valence-electron chi connectivity index (χ0n) is 10.1. The number of methoxy groups -OCH3 is 1. The second-order valence-electron chi connectivity index (χ2n) is 4.06. The summed E-state index contributed by atoms with van der Waals surface area (Å²) in [5.41, 5.74) is 8.25. The lowest BCUT2D eigenvalue weighted by molar-refractivity contribution is 0.405. The van der Waals surface area contributed by atoms with Crippen LogP contribution < -0.4 is 10.5 Å². The van der Waals surface area contributed by atoms with E-state index in [0.29, 0.717) is 11.4 Å². The van der Waals surface area contributed by atoms with Crippen molar-refractivity contribution in [3.63, 3.8) is 0 Å². The topological polar surface area (TPSA) is 48.1 Å². The van der Waals surface area contributed by atoms with E-state index in [1.165, 1.54) is 0 Å². The molecule has 94 valence electrons. The summed E-state index contributed by atoms with van der Waals surface area (Å²) in [6, 6.07) is 9.28. The number of halogens is 1. The number of ether oxygens (including phenoxy) is 1. The molecular formula is C14H15ClN2O. The van der Waals surface area contributed by atoms with Gasteiger partial charge in [0.05, 0.1) is 7.11 Å². The summed E-state index contributed by atoms with van der Waals surface area (Å²) in [6.07, 6.45) is 4.28. The molecule has 1 heterocycles. The maximum absolute atomic E-state index is 6.20. The monoisotopic (exact) mass is 262 g/mol. The fourth-order valence-electron chi connectivity index (χ4n) is 1.87. The summed E-state index contributed by atoms with van der Waals surface area (Å²) >= 11 is 5.93. The van der Waals surface area contributed by atoms with Gasteiger partial charge in [0, 0.05) is 29.0 Å². The maximum Gasteiger partial charge on any atom is 0.125 e. The number of hydrogen-bond acceptors (Lipinski definition) is 3. The van der Waals surface area contributed by atoms with Crippen LogP contribution in [0.2, 0.25) is 5.02 Å². The quantitative estimate of drug-likeness (QED) is 0.922. The van der Waals surface area contributed by atoms with E-state index in [1.54, 1.807) is 19.4 Å². The van der Waals surface area contributed by atoms with Crippen molar-refractivity contribution in [3.05, 3.63) is 58.9 Å². The van der Waals surface area contributed by atoms with Crippen LogP contribution in [0.15, 0.2) is 42.7 Å². The van der Waals surface area contributed by atoms with Crippen LogP contribution in [0.25, 0.3) is 0 Å². The van der Waals surface area contributed by atoms with Gasteiger partial charge in [-0.05, 0) is 30.2 Å². The van der Waals surface area contributed by atoms with E-state index in [-0.39, 0.29) is 6.04 Å². The molecule has 1 unspecified atom stereocenters. The molecule has 0 saturated heterocycles. The maximum atomic E-state index is 6.20. The second kappa shape index (κ2) is 5.85. The molecule has 0 radical (unpaired) electrons. The van der Waals surface area contributed by atoms with Gasteiger partial charge in [-0.15, -0.1) is 0 Å². The molecular weight excluding hydrogens is 248 g/mol. The normalized spacial score (nSPS) is 12.2. The molecule has 4 heteroatoms.